The first-order valence-corrected chi connectivity index (χ1v) is 8.83. The molecule has 2 N–H and O–H groups in total. The van der Waals surface area contributed by atoms with Crippen molar-refractivity contribution >= 4 is 17.0 Å². The fraction of sp³-hybridized carbons (Fsp3) is 0.300. The number of aromatic amines is 1. The van der Waals surface area contributed by atoms with E-state index in [1.807, 2.05) is 36.4 Å². The Kier molecular flexibility index (Phi) is 4.57. The number of aliphatic hydroxyl groups excluding tert-OH is 1. The van der Waals surface area contributed by atoms with Gasteiger partial charge in [-0.2, -0.15) is 5.26 Å². The first-order valence-electron chi connectivity index (χ1n) is 8.83. The van der Waals surface area contributed by atoms with Gasteiger partial charge in [-0.25, -0.2) is 4.98 Å². The van der Waals surface area contributed by atoms with Crippen molar-refractivity contribution in [1.82, 2.24) is 14.9 Å². The van der Waals surface area contributed by atoms with E-state index in [0.29, 0.717) is 12.1 Å². The standard InChI is InChI=1S/C20H21N5O/c21-13-15-5-7-16(8-6-15)19(26)14-24-9-11-25(12-10-24)20-22-17-3-1-2-4-18(17)23-20/h1-8,19,26H,9-12,14H2,(H,22,23). The van der Waals surface area contributed by atoms with E-state index in [9.17, 15) is 5.11 Å². The number of aromatic nitrogens is 2. The van der Waals surface area contributed by atoms with E-state index in [4.69, 9.17) is 5.26 Å². The Bertz CT molecular complexity index is 886. The number of benzene rings is 2. The molecule has 0 spiro atoms. The summed E-state index contributed by atoms with van der Waals surface area (Å²) in [6.07, 6.45) is -0.541. The first-order chi connectivity index (χ1) is 12.7. The molecular weight excluding hydrogens is 326 g/mol. The molecule has 6 heteroatoms. The minimum Gasteiger partial charge on any atom is -0.387 e. The highest BCUT2D eigenvalue weighted by atomic mass is 16.3. The Morgan fingerprint density at radius 2 is 1.81 bits per heavy atom. The largest absolute Gasteiger partial charge is 0.387 e. The fourth-order valence-electron chi connectivity index (χ4n) is 3.36. The number of fused-ring (bicyclic) bond motifs is 1. The zero-order chi connectivity index (χ0) is 17.9. The number of imidazole rings is 1. The molecule has 1 aliphatic heterocycles. The smallest absolute Gasteiger partial charge is 0.203 e. The molecular formula is C20H21N5O. The predicted octanol–water partition coefficient (Wildman–Crippen LogP) is 2.29. The highest BCUT2D eigenvalue weighted by Gasteiger charge is 2.21. The third kappa shape index (κ3) is 3.40. The molecule has 0 bridgehead atoms. The summed E-state index contributed by atoms with van der Waals surface area (Å²) in [5.41, 5.74) is 3.51. The van der Waals surface area contributed by atoms with E-state index in [0.717, 1.165) is 48.7 Å². The molecule has 6 nitrogen and oxygen atoms in total. The molecule has 132 valence electrons. The van der Waals surface area contributed by atoms with Crippen LogP contribution in [0.15, 0.2) is 48.5 Å². The van der Waals surface area contributed by atoms with Gasteiger partial charge in [0.15, 0.2) is 0 Å². The molecule has 1 saturated heterocycles. The first kappa shape index (κ1) is 16.6. The summed E-state index contributed by atoms with van der Waals surface area (Å²) in [5, 5.41) is 19.3. The molecule has 1 unspecified atom stereocenters. The number of nitrogens with one attached hydrogen (secondary N) is 1. The number of nitrogens with zero attached hydrogens (tertiary/aromatic N) is 4. The Hall–Kier alpha value is -2.88. The van der Waals surface area contributed by atoms with Crippen LogP contribution in [-0.4, -0.2) is 52.7 Å². The lowest BCUT2D eigenvalue weighted by Crippen LogP contribution is -2.47. The number of aliphatic hydroxyl groups is 1. The maximum Gasteiger partial charge on any atom is 0.203 e. The van der Waals surface area contributed by atoms with Crippen molar-refractivity contribution in [1.29, 1.82) is 5.26 Å². The second-order valence-corrected chi connectivity index (χ2v) is 6.61. The molecule has 2 aromatic carbocycles. The quantitative estimate of drug-likeness (QED) is 0.757. The minimum atomic E-state index is -0.541. The summed E-state index contributed by atoms with van der Waals surface area (Å²) >= 11 is 0. The summed E-state index contributed by atoms with van der Waals surface area (Å²) in [6.45, 7) is 4.11. The van der Waals surface area contributed by atoms with Gasteiger partial charge in [0.1, 0.15) is 0 Å². The Balaban J connectivity index is 1.35. The molecule has 1 aromatic heterocycles. The van der Waals surface area contributed by atoms with Gasteiger partial charge >= 0.3 is 0 Å². The highest BCUT2D eigenvalue weighted by molar-refractivity contribution is 5.77. The Labute approximate surface area is 152 Å². The maximum atomic E-state index is 10.5. The number of anilines is 1. The molecule has 1 atom stereocenters. The lowest BCUT2D eigenvalue weighted by Gasteiger charge is -2.35. The van der Waals surface area contributed by atoms with E-state index in [-0.39, 0.29) is 0 Å². The molecule has 4 rings (SSSR count). The summed E-state index contributed by atoms with van der Waals surface area (Å²) in [5.74, 6) is 0.915. The molecule has 3 aromatic rings. The van der Waals surface area contributed by atoms with E-state index < -0.39 is 6.10 Å². The van der Waals surface area contributed by atoms with Gasteiger partial charge in [-0.05, 0) is 29.8 Å². The van der Waals surface area contributed by atoms with E-state index in [1.165, 1.54) is 0 Å². The van der Waals surface area contributed by atoms with Crippen molar-refractivity contribution in [2.75, 3.05) is 37.6 Å². The average Bonchev–Trinajstić information content (AvgIpc) is 3.13. The molecule has 26 heavy (non-hydrogen) atoms. The summed E-state index contributed by atoms with van der Waals surface area (Å²) in [6, 6.07) is 17.3. The number of hydrogen-bond acceptors (Lipinski definition) is 5. The minimum absolute atomic E-state index is 0.541. The average molecular weight is 347 g/mol. The van der Waals surface area contributed by atoms with Crippen molar-refractivity contribution in [2.24, 2.45) is 0 Å². The fourth-order valence-corrected chi connectivity index (χ4v) is 3.36. The van der Waals surface area contributed by atoms with Gasteiger partial charge in [0, 0.05) is 32.7 Å². The van der Waals surface area contributed by atoms with Crippen LogP contribution in [0.3, 0.4) is 0 Å². The van der Waals surface area contributed by atoms with Crippen molar-refractivity contribution < 1.29 is 5.11 Å². The second-order valence-electron chi connectivity index (χ2n) is 6.61. The van der Waals surface area contributed by atoms with Crippen LogP contribution in [0.1, 0.15) is 17.2 Å². The van der Waals surface area contributed by atoms with Crippen molar-refractivity contribution in [3.63, 3.8) is 0 Å². The van der Waals surface area contributed by atoms with Gasteiger partial charge in [0.25, 0.3) is 0 Å². The number of β-amino-alcohol motifs (C(OH)–C–C–N with tert-alkyl or cyclic N) is 1. The number of hydrogen-bond donors (Lipinski definition) is 2. The number of piperazine rings is 1. The van der Waals surface area contributed by atoms with E-state index in [1.54, 1.807) is 12.1 Å². The number of rotatable bonds is 4. The molecule has 1 fully saturated rings. The van der Waals surface area contributed by atoms with Crippen LogP contribution in [0.5, 0.6) is 0 Å². The summed E-state index contributed by atoms with van der Waals surface area (Å²) in [4.78, 5) is 12.6. The van der Waals surface area contributed by atoms with Crippen molar-refractivity contribution in [2.45, 2.75) is 6.10 Å². The van der Waals surface area contributed by atoms with Crippen LogP contribution in [0, 0.1) is 11.3 Å². The maximum absolute atomic E-state index is 10.5. The number of para-hydroxylation sites is 2. The van der Waals surface area contributed by atoms with E-state index in [2.05, 4.69) is 25.8 Å². The summed E-state index contributed by atoms with van der Waals surface area (Å²) < 4.78 is 0. The lowest BCUT2D eigenvalue weighted by molar-refractivity contribution is 0.109. The molecule has 0 saturated carbocycles. The van der Waals surface area contributed by atoms with Gasteiger partial charge in [0.05, 0.1) is 28.8 Å². The molecule has 0 aliphatic carbocycles. The second kappa shape index (κ2) is 7.16. The van der Waals surface area contributed by atoms with E-state index >= 15 is 0 Å². The number of nitriles is 1. The zero-order valence-electron chi connectivity index (χ0n) is 14.5. The van der Waals surface area contributed by atoms with Gasteiger partial charge in [-0.1, -0.05) is 24.3 Å². The number of H-pyrrole nitrogens is 1. The SMILES string of the molecule is N#Cc1ccc(C(O)CN2CCN(c3nc4ccccc4[nH]3)CC2)cc1. The molecule has 0 amide bonds. The predicted molar refractivity (Wildman–Crippen MR) is 101 cm³/mol. The van der Waals surface area contributed by atoms with Crippen LogP contribution in [-0.2, 0) is 0 Å². The van der Waals surface area contributed by atoms with Crippen LogP contribution in [0.2, 0.25) is 0 Å². The van der Waals surface area contributed by atoms with Crippen LogP contribution in [0.25, 0.3) is 11.0 Å². The molecule has 1 aliphatic rings. The third-order valence-electron chi connectivity index (χ3n) is 4.90. The summed E-state index contributed by atoms with van der Waals surface area (Å²) in [7, 11) is 0. The lowest BCUT2D eigenvalue weighted by atomic mass is 10.1. The van der Waals surface area contributed by atoms with Gasteiger partial charge in [-0.15, -0.1) is 0 Å². The highest BCUT2D eigenvalue weighted by Crippen LogP contribution is 2.20. The third-order valence-corrected chi connectivity index (χ3v) is 4.90. The molecule has 0 radical (unpaired) electrons. The van der Waals surface area contributed by atoms with Gasteiger partial charge < -0.3 is 15.0 Å². The van der Waals surface area contributed by atoms with Crippen molar-refractivity contribution in [3.05, 3.63) is 59.7 Å². The topological polar surface area (TPSA) is 79.2 Å². The van der Waals surface area contributed by atoms with Crippen LogP contribution < -0.4 is 4.90 Å². The van der Waals surface area contributed by atoms with Crippen LogP contribution in [0.4, 0.5) is 5.95 Å². The monoisotopic (exact) mass is 347 g/mol. The Morgan fingerprint density at radius 1 is 1.08 bits per heavy atom. The van der Waals surface area contributed by atoms with Crippen molar-refractivity contribution in [3.8, 4) is 6.07 Å². The van der Waals surface area contributed by atoms with Crippen LogP contribution >= 0.6 is 0 Å². The van der Waals surface area contributed by atoms with Gasteiger partial charge in [0.2, 0.25) is 5.95 Å². The molecule has 2 heterocycles. The Morgan fingerprint density at radius 3 is 2.50 bits per heavy atom. The normalized spacial score (nSPS) is 16.5. The zero-order valence-corrected chi connectivity index (χ0v) is 14.5. The van der Waals surface area contributed by atoms with Gasteiger partial charge in [-0.3, -0.25) is 4.90 Å².